The SMILES string of the molecule is COc1cc(Cl)c(CCN2CCNCC2)cc1OC. The Morgan fingerprint density at radius 3 is 2.42 bits per heavy atom. The average molecular weight is 285 g/mol. The Kier molecular flexibility index (Phi) is 5.31. The maximum absolute atomic E-state index is 6.29. The Labute approximate surface area is 119 Å². The van der Waals surface area contributed by atoms with Gasteiger partial charge in [0.2, 0.25) is 0 Å². The Morgan fingerprint density at radius 2 is 1.79 bits per heavy atom. The number of nitrogens with zero attached hydrogens (tertiary/aromatic N) is 1. The van der Waals surface area contributed by atoms with Crippen molar-refractivity contribution in [3.63, 3.8) is 0 Å². The maximum Gasteiger partial charge on any atom is 0.162 e. The van der Waals surface area contributed by atoms with Gasteiger partial charge in [-0.2, -0.15) is 0 Å². The first-order valence-corrected chi connectivity index (χ1v) is 6.96. The predicted octanol–water partition coefficient (Wildman–Crippen LogP) is 1.80. The lowest BCUT2D eigenvalue weighted by Crippen LogP contribution is -2.44. The van der Waals surface area contributed by atoms with Crippen LogP contribution in [0.5, 0.6) is 11.5 Å². The molecule has 1 fully saturated rings. The van der Waals surface area contributed by atoms with Gasteiger partial charge < -0.3 is 19.7 Å². The van der Waals surface area contributed by atoms with Crippen molar-refractivity contribution in [2.75, 3.05) is 46.9 Å². The van der Waals surface area contributed by atoms with Crippen LogP contribution in [0.3, 0.4) is 0 Å². The van der Waals surface area contributed by atoms with Crippen LogP contribution < -0.4 is 14.8 Å². The summed E-state index contributed by atoms with van der Waals surface area (Å²) in [7, 11) is 3.26. The summed E-state index contributed by atoms with van der Waals surface area (Å²) in [4.78, 5) is 2.45. The molecule has 0 bridgehead atoms. The predicted molar refractivity (Wildman–Crippen MR) is 77.6 cm³/mol. The lowest BCUT2D eigenvalue weighted by atomic mass is 10.1. The summed E-state index contributed by atoms with van der Waals surface area (Å²) in [5.41, 5.74) is 1.11. The summed E-state index contributed by atoms with van der Waals surface area (Å²) in [6, 6.07) is 3.80. The molecule has 19 heavy (non-hydrogen) atoms. The molecule has 0 saturated carbocycles. The van der Waals surface area contributed by atoms with E-state index in [1.807, 2.05) is 12.1 Å². The van der Waals surface area contributed by atoms with Gasteiger partial charge in [0.15, 0.2) is 11.5 Å². The molecular formula is C14H21ClN2O2. The van der Waals surface area contributed by atoms with E-state index >= 15 is 0 Å². The second-order valence-electron chi connectivity index (χ2n) is 4.64. The number of benzene rings is 1. The average Bonchev–Trinajstić information content (AvgIpc) is 2.46. The molecule has 0 spiro atoms. The van der Waals surface area contributed by atoms with Gasteiger partial charge in [0, 0.05) is 43.8 Å². The van der Waals surface area contributed by atoms with Crippen LogP contribution in [-0.4, -0.2) is 51.8 Å². The minimum absolute atomic E-state index is 0.679. The third kappa shape index (κ3) is 3.75. The fourth-order valence-corrected chi connectivity index (χ4v) is 2.55. The van der Waals surface area contributed by atoms with Crippen molar-refractivity contribution in [1.29, 1.82) is 0 Å². The molecule has 0 aliphatic carbocycles. The number of nitrogens with one attached hydrogen (secondary N) is 1. The molecule has 1 aliphatic heterocycles. The van der Waals surface area contributed by atoms with E-state index in [2.05, 4.69) is 10.2 Å². The highest BCUT2D eigenvalue weighted by atomic mass is 35.5. The Hall–Kier alpha value is -0.970. The molecule has 0 radical (unpaired) electrons. The molecule has 1 saturated heterocycles. The Balaban J connectivity index is 2.02. The minimum Gasteiger partial charge on any atom is -0.493 e. The number of ether oxygens (including phenoxy) is 2. The first-order valence-electron chi connectivity index (χ1n) is 6.58. The standard InChI is InChI=1S/C14H21ClN2O2/c1-18-13-9-11(12(15)10-14(13)19-2)3-6-17-7-4-16-5-8-17/h9-10,16H,3-8H2,1-2H3. The number of halogens is 1. The molecule has 1 aromatic carbocycles. The highest BCUT2D eigenvalue weighted by Gasteiger charge is 2.13. The summed E-state index contributed by atoms with van der Waals surface area (Å²) in [5, 5.41) is 4.10. The van der Waals surface area contributed by atoms with Crippen LogP contribution in [0.1, 0.15) is 5.56 Å². The molecular weight excluding hydrogens is 264 g/mol. The maximum atomic E-state index is 6.29. The van der Waals surface area contributed by atoms with E-state index in [0.717, 1.165) is 55.5 Å². The third-order valence-electron chi connectivity index (χ3n) is 3.46. The lowest BCUT2D eigenvalue weighted by Gasteiger charge is -2.27. The van der Waals surface area contributed by atoms with Crippen molar-refractivity contribution >= 4 is 11.6 Å². The van der Waals surface area contributed by atoms with E-state index in [1.54, 1.807) is 14.2 Å². The monoisotopic (exact) mass is 284 g/mol. The number of rotatable bonds is 5. The molecule has 0 aromatic heterocycles. The fourth-order valence-electron chi connectivity index (χ4n) is 2.30. The van der Waals surface area contributed by atoms with Crippen LogP contribution in [0.25, 0.3) is 0 Å². The van der Waals surface area contributed by atoms with Crippen LogP contribution >= 0.6 is 11.6 Å². The van der Waals surface area contributed by atoms with Gasteiger partial charge in [0.1, 0.15) is 0 Å². The largest absolute Gasteiger partial charge is 0.493 e. The number of methoxy groups -OCH3 is 2. The number of hydrogen-bond acceptors (Lipinski definition) is 4. The molecule has 4 nitrogen and oxygen atoms in total. The zero-order valence-corrected chi connectivity index (χ0v) is 12.3. The van der Waals surface area contributed by atoms with Gasteiger partial charge in [0.05, 0.1) is 14.2 Å². The summed E-state index contributed by atoms with van der Waals surface area (Å²) in [6.07, 6.45) is 0.930. The quantitative estimate of drug-likeness (QED) is 0.894. The topological polar surface area (TPSA) is 33.7 Å². The van der Waals surface area contributed by atoms with E-state index in [0.29, 0.717) is 5.75 Å². The molecule has 1 aliphatic rings. The lowest BCUT2D eigenvalue weighted by molar-refractivity contribution is 0.244. The molecule has 0 amide bonds. The minimum atomic E-state index is 0.679. The van der Waals surface area contributed by atoms with Crippen LogP contribution in [0.4, 0.5) is 0 Å². The van der Waals surface area contributed by atoms with Crippen molar-refractivity contribution in [1.82, 2.24) is 10.2 Å². The fraction of sp³-hybridized carbons (Fsp3) is 0.571. The first kappa shape index (κ1) is 14.4. The van der Waals surface area contributed by atoms with Crippen LogP contribution in [-0.2, 0) is 6.42 Å². The Bertz CT molecular complexity index is 420. The smallest absolute Gasteiger partial charge is 0.162 e. The highest BCUT2D eigenvalue weighted by Crippen LogP contribution is 2.33. The van der Waals surface area contributed by atoms with E-state index in [-0.39, 0.29) is 0 Å². The molecule has 1 heterocycles. The van der Waals surface area contributed by atoms with Gasteiger partial charge in [-0.3, -0.25) is 0 Å². The molecule has 1 aromatic rings. The van der Waals surface area contributed by atoms with Gasteiger partial charge in [0.25, 0.3) is 0 Å². The second-order valence-corrected chi connectivity index (χ2v) is 5.05. The van der Waals surface area contributed by atoms with Crippen LogP contribution in [0, 0.1) is 0 Å². The van der Waals surface area contributed by atoms with E-state index in [1.165, 1.54) is 0 Å². The van der Waals surface area contributed by atoms with Gasteiger partial charge in [-0.1, -0.05) is 11.6 Å². The molecule has 0 unspecified atom stereocenters. The van der Waals surface area contributed by atoms with Crippen LogP contribution in [0.2, 0.25) is 5.02 Å². The van der Waals surface area contributed by atoms with Gasteiger partial charge in [-0.25, -0.2) is 0 Å². The summed E-state index contributed by atoms with van der Waals surface area (Å²) in [5.74, 6) is 1.42. The molecule has 0 atom stereocenters. The summed E-state index contributed by atoms with van der Waals surface area (Å²) in [6.45, 7) is 5.37. The van der Waals surface area contributed by atoms with Crippen molar-refractivity contribution in [3.8, 4) is 11.5 Å². The zero-order valence-electron chi connectivity index (χ0n) is 11.5. The van der Waals surface area contributed by atoms with E-state index < -0.39 is 0 Å². The molecule has 5 heteroatoms. The third-order valence-corrected chi connectivity index (χ3v) is 3.81. The van der Waals surface area contributed by atoms with Crippen molar-refractivity contribution in [2.24, 2.45) is 0 Å². The Morgan fingerprint density at radius 1 is 1.16 bits per heavy atom. The van der Waals surface area contributed by atoms with Gasteiger partial charge >= 0.3 is 0 Å². The summed E-state index contributed by atoms with van der Waals surface area (Å²) < 4.78 is 10.6. The van der Waals surface area contributed by atoms with Gasteiger partial charge in [-0.05, 0) is 18.1 Å². The molecule has 2 rings (SSSR count). The number of piperazine rings is 1. The number of hydrogen-bond donors (Lipinski definition) is 1. The van der Waals surface area contributed by atoms with E-state index in [9.17, 15) is 0 Å². The van der Waals surface area contributed by atoms with Crippen molar-refractivity contribution < 1.29 is 9.47 Å². The van der Waals surface area contributed by atoms with Gasteiger partial charge in [-0.15, -0.1) is 0 Å². The first-order chi connectivity index (χ1) is 9.24. The molecule has 106 valence electrons. The van der Waals surface area contributed by atoms with Crippen molar-refractivity contribution in [3.05, 3.63) is 22.7 Å². The zero-order chi connectivity index (χ0) is 13.7. The van der Waals surface area contributed by atoms with Crippen molar-refractivity contribution in [2.45, 2.75) is 6.42 Å². The second kappa shape index (κ2) is 6.98. The normalized spacial score (nSPS) is 16.4. The summed E-state index contributed by atoms with van der Waals surface area (Å²) >= 11 is 6.29. The molecule has 1 N–H and O–H groups in total. The highest BCUT2D eigenvalue weighted by molar-refractivity contribution is 6.31. The van der Waals surface area contributed by atoms with Crippen LogP contribution in [0.15, 0.2) is 12.1 Å². The van der Waals surface area contributed by atoms with E-state index in [4.69, 9.17) is 21.1 Å².